The van der Waals surface area contributed by atoms with E-state index in [1.807, 2.05) is 0 Å². The Kier molecular flexibility index (Phi) is 3.84. The molecule has 1 saturated carbocycles. The van der Waals surface area contributed by atoms with Crippen molar-refractivity contribution in [2.75, 3.05) is 12.3 Å². The van der Waals surface area contributed by atoms with Crippen LogP contribution in [0.5, 0.6) is 0 Å². The van der Waals surface area contributed by atoms with E-state index in [0.717, 1.165) is 0 Å². The molecule has 1 aromatic rings. The van der Waals surface area contributed by atoms with Crippen LogP contribution in [-0.2, 0) is 10.0 Å². The number of nitrogens with two attached hydrogens (primary N) is 1. The number of hydrogen-bond donors (Lipinski definition) is 2. The highest BCUT2D eigenvalue weighted by Crippen LogP contribution is 2.36. The molecule has 1 aromatic carbocycles. The van der Waals surface area contributed by atoms with Gasteiger partial charge in [-0.1, -0.05) is 18.5 Å². The SMILES string of the molecule is CC(CNS(=O)(=O)c1ccc(N)cc1Cl)C1CC1. The Morgan fingerprint density at radius 2 is 2.17 bits per heavy atom. The molecule has 18 heavy (non-hydrogen) atoms. The van der Waals surface area contributed by atoms with Crippen LogP contribution < -0.4 is 10.5 Å². The van der Waals surface area contributed by atoms with Gasteiger partial charge in [0.25, 0.3) is 0 Å². The first-order chi connectivity index (χ1) is 8.40. The van der Waals surface area contributed by atoms with Crippen LogP contribution in [0.25, 0.3) is 0 Å². The zero-order valence-corrected chi connectivity index (χ0v) is 11.8. The number of benzene rings is 1. The van der Waals surface area contributed by atoms with Crippen molar-refractivity contribution in [3.05, 3.63) is 23.2 Å². The van der Waals surface area contributed by atoms with Crippen LogP contribution in [0.15, 0.2) is 23.1 Å². The average Bonchev–Trinajstić information content (AvgIpc) is 3.09. The van der Waals surface area contributed by atoms with Crippen molar-refractivity contribution in [3.8, 4) is 0 Å². The fraction of sp³-hybridized carbons (Fsp3) is 0.500. The van der Waals surface area contributed by atoms with Crippen molar-refractivity contribution in [2.24, 2.45) is 11.8 Å². The summed E-state index contributed by atoms with van der Waals surface area (Å²) in [6.45, 7) is 2.51. The predicted molar refractivity (Wildman–Crippen MR) is 72.9 cm³/mol. The van der Waals surface area contributed by atoms with E-state index >= 15 is 0 Å². The zero-order valence-electron chi connectivity index (χ0n) is 10.2. The molecule has 3 N–H and O–H groups in total. The molecule has 100 valence electrons. The van der Waals surface area contributed by atoms with Gasteiger partial charge in [-0.2, -0.15) is 0 Å². The molecule has 1 unspecified atom stereocenters. The normalized spacial score (nSPS) is 17.7. The Morgan fingerprint density at radius 3 is 2.72 bits per heavy atom. The highest BCUT2D eigenvalue weighted by atomic mass is 35.5. The van der Waals surface area contributed by atoms with E-state index in [-0.39, 0.29) is 9.92 Å². The summed E-state index contributed by atoms with van der Waals surface area (Å²) in [7, 11) is -3.55. The summed E-state index contributed by atoms with van der Waals surface area (Å²) >= 11 is 5.91. The minimum absolute atomic E-state index is 0.0846. The van der Waals surface area contributed by atoms with Gasteiger partial charge in [0.05, 0.1) is 5.02 Å². The fourth-order valence-electron chi connectivity index (χ4n) is 1.89. The van der Waals surface area contributed by atoms with Crippen LogP contribution in [0.1, 0.15) is 19.8 Å². The summed E-state index contributed by atoms with van der Waals surface area (Å²) in [6, 6.07) is 4.41. The summed E-state index contributed by atoms with van der Waals surface area (Å²) in [5.41, 5.74) is 5.99. The maximum absolute atomic E-state index is 12.1. The molecule has 0 spiro atoms. The molecule has 0 heterocycles. The van der Waals surface area contributed by atoms with Gasteiger partial charge in [-0.25, -0.2) is 13.1 Å². The Hall–Kier alpha value is -0.780. The molecule has 1 aliphatic rings. The molecular weight excluding hydrogens is 272 g/mol. The molecule has 2 rings (SSSR count). The van der Waals surface area contributed by atoms with Crippen molar-refractivity contribution >= 4 is 27.3 Å². The van der Waals surface area contributed by atoms with E-state index in [2.05, 4.69) is 11.6 Å². The molecule has 0 saturated heterocycles. The summed E-state index contributed by atoms with van der Waals surface area (Å²) in [5, 5.41) is 0.154. The maximum atomic E-state index is 12.1. The summed E-state index contributed by atoms with van der Waals surface area (Å²) in [5.74, 6) is 1.03. The smallest absolute Gasteiger partial charge is 0.242 e. The van der Waals surface area contributed by atoms with Gasteiger partial charge in [-0.15, -0.1) is 0 Å². The number of hydrogen-bond acceptors (Lipinski definition) is 3. The summed E-state index contributed by atoms with van der Waals surface area (Å²) in [4.78, 5) is 0.0846. The molecule has 0 radical (unpaired) electrons. The van der Waals surface area contributed by atoms with Gasteiger partial charge in [-0.3, -0.25) is 0 Å². The third-order valence-electron chi connectivity index (χ3n) is 3.27. The van der Waals surface area contributed by atoms with Crippen molar-refractivity contribution in [1.82, 2.24) is 4.72 Å². The Labute approximate surface area is 113 Å². The van der Waals surface area contributed by atoms with E-state index in [0.29, 0.717) is 24.1 Å². The van der Waals surface area contributed by atoms with E-state index in [1.165, 1.54) is 31.0 Å². The second-order valence-electron chi connectivity index (χ2n) is 4.86. The fourth-order valence-corrected chi connectivity index (χ4v) is 3.58. The van der Waals surface area contributed by atoms with Crippen molar-refractivity contribution in [1.29, 1.82) is 0 Å². The maximum Gasteiger partial charge on any atom is 0.242 e. The van der Waals surface area contributed by atoms with Gasteiger partial charge >= 0.3 is 0 Å². The van der Waals surface area contributed by atoms with E-state index in [9.17, 15) is 8.42 Å². The molecule has 0 aliphatic heterocycles. The van der Waals surface area contributed by atoms with E-state index < -0.39 is 10.0 Å². The topological polar surface area (TPSA) is 72.2 Å². The van der Waals surface area contributed by atoms with Gasteiger partial charge in [0.1, 0.15) is 4.90 Å². The number of halogens is 1. The molecule has 4 nitrogen and oxygen atoms in total. The number of sulfonamides is 1. The lowest BCUT2D eigenvalue weighted by Crippen LogP contribution is -2.29. The minimum atomic E-state index is -3.55. The number of nitrogen functional groups attached to an aromatic ring is 1. The minimum Gasteiger partial charge on any atom is -0.399 e. The van der Waals surface area contributed by atoms with Crippen molar-refractivity contribution in [3.63, 3.8) is 0 Å². The zero-order chi connectivity index (χ0) is 13.3. The molecule has 6 heteroatoms. The Bertz CT molecular complexity index is 541. The van der Waals surface area contributed by atoms with Crippen LogP contribution in [0.4, 0.5) is 5.69 Å². The van der Waals surface area contributed by atoms with Crippen LogP contribution in [0.3, 0.4) is 0 Å². The van der Waals surface area contributed by atoms with Gasteiger partial charge in [0.2, 0.25) is 10.0 Å². The predicted octanol–water partition coefficient (Wildman–Crippen LogP) is 2.25. The lowest BCUT2D eigenvalue weighted by atomic mass is 10.1. The third kappa shape index (κ3) is 3.16. The van der Waals surface area contributed by atoms with Gasteiger partial charge in [-0.05, 0) is 42.9 Å². The Balaban J connectivity index is 2.09. The molecule has 0 amide bonds. The molecule has 0 bridgehead atoms. The van der Waals surface area contributed by atoms with Crippen LogP contribution in [0, 0.1) is 11.8 Å². The standard InChI is InChI=1S/C12H17ClN2O2S/c1-8(9-2-3-9)7-15-18(16,17)12-5-4-10(14)6-11(12)13/h4-6,8-9,15H,2-3,7,14H2,1H3. The second-order valence-corrected chi connectivity index (χ2v) is 7.00. The molecule has 0 aromatic heterocycles. The van der Waals surface area contributed by atoms with Gasteiger partial charge < -0.3 is 5.73 Å². The third-order valence-corrected chi connectivity index (χ3v) is 5.17. The lowest BCUT2D eigenvalue weighted by Gasteiger charge is -2.13. The monoisotopic (exact) mass is 288 g/mol. The number of nitrogens with one attached hydrogen (secondary N) is 1. The van der Waals surface area contributed by atoms with E-state index in [1.54, 1.807) is 0 Å². The van der Waals surface area contributed by atoms with Crippen molar-refractivity contribution < 1.29 is 8.42 Å². The quantitative estimate of drug-likeness (QED) is 0.816. The molecule has 1 aliphatic carbocycles. The highest BCUT2D eigenvalue weighted by Gasteiger charge is 2.29. The lowest BCUT2D eigenvalue weighted by molar-refractivity contribution is 0.492. The first-order valence-electron chi connectivity index (χ1n) is 5.95. The summed E-state index contributed by atoms with van der Waals surface area (Å²) < 4.78 is 26.8. The first kappa shape index (κ1) is 13.6. The molecule has 1 atom stereocenters. The number of rotatable bonds is 5. The van der Waals surface area contributed by atoms with Crippen LogP contribution in [0.2, 0.25) is 5.02 Å². The van der Waals surface area contributed by atoms with Gasteiger partial charge in [0, 0.05) is 12.2 Å². The largest absolute Gasteiger partial charge is 0.399 e. The first-order valence-corrected chi connectivity index (χ1v) is 7.81. The number of anilines is 1. The Morgan fingerprint density at radius 1 is 1.50 bits per heavy atom. The highest BCUT2D eigenvalue weighted by molar-refractivity contribution is 7.89. The van der Waals surface area contributed by atoms with E-state index in [4.69, 9.17) is 17.3 Å². The van der Waals surface area contributed by atoms with Crippen molar-refractivity contribution in [2.45, 2.75) is 24.7 Å². The molecular formula is C12H17ClN2O2S. The summed E-state index contributed by atoms with van der Waals surface area (Å²) in [6.07, 6.45) is 2.40. The average molecular weight is 289 g/mol. The molecule has 1 fully saturated rings. The van der Waals surface area contributed by atoms with Crippen LogP contribution >= 0.6 is 11.6 Å². The van der Waals surface area contributed by atoms with Crippen LogP contribution in [-0.4, -0.2) is 15.0 Å². The van der Waals surface area contributed by atoms with Gasteiger partial charge in [0.15, 0.2) is 0 Å². The second kappa shape index (κ2) is 5.07.